The number of hydrogen-bond acceptors (Lipinski definition) is 3. The molecule has 0 aromatic heterocycles. The molecule has 2 N–H and O–H groups in total. The minimum Gasteiger partial charge on any atom is -0.403 e. The second-order valence-corrected chi connectivity index (χ2v) is 7.86. The number of rotatable bonds is 7. The largest absolute Gasteiger partial charge is 0.461 e. The Bertz CT molecular complexity index is 549. The van der Waals surface area contributed by atoms with E-state index in [-0.39, 0.29) is 30.0 Å². The summed E-state index contributed by atoms with van der Waals surface area (Å²) in [7, 11) is -0.395. The summed E-state index contributed by atoms with van der Waals surface area (Å²) in [4.78, 5) is 11.8. The van der Waals surface area contributed by atoms with Crippen LogP contribution in [0.15, 0.2) is 30.3 Å². The zero-order valence-corrected chi connectivity index (χ0v) is 16.8. The molecule has 1 amide bonds. The van der Waals surface area contributed by atoms with Gasteiger partial charge in [0.05, 0.1) is 11.2 Å². The highest BCUT2D eigenvalue weighted by atomic mass is 35.5. The van der Waals surface area contributed by atoms with Gasteiger partial charge in [-0.1, -0.05) is 43.7 Å². The first-order valence-electron chi connectivity index (χ1n) is 8.83. The van der Waals surface area contributed by atoms with Crippen molar-refractivity contribution in [2.24, 2.45) is 11.7 Å². The highest BCUT2D eigenvalue weighted by Gasteiger charge is 2.54. The number of benzene rings is 1. The Morgan fingerprint density at radius 3 is 2.12 bits per heavy atom. The number of carbonyl (C=O) groups excluding carboxylic acids is 1. The predicted octanol–water partition coefficient (Wildman–Crippen LogP) is 4.01. The maximum Gasteiger partial charge on any atom is 0.461 e. The van der Waals surface area contributed by atoms with Crippen LogP contribution in [-0.4, -0.2) is 24.2 Å². The van der Waals surface area contributed by atoms with Crippen LogP contribution in [0.4, 0.5) is 0 Å². The van der Waals surface area contributed by atoms with Crippen molar-refractivity contribution in [2.45, 2.75) is 70.9 Å². The van der Waals surface area contributed by atoms with E-state index in [1.807, 2.05) is 52.8 Å². The number of halogens is 1. The first-order valence-corrected chi connectivity index (χ1v) is 8.83. The van der Waals surface area contributed by atoms with E-state index in [2.05, 4.69) is 12.1 Å². The number of hydrogen-bond donors (Lipinski definition) is 1. The van der Waals surface area contributed by atoms with Gasteiger partial charge >= 0.3 is 7.12 Å². The summed E-state index contributed by atoms with van der Waals surface area (Å²) in [6, 6.07) is 10.4. The van der Waals surface area contributed by atoms with E-state index in [9.17, 15) is 4.79 Å². The Morgan fingerprint density at radius 1 is 1.12 bits per heavy atom. The van der Waals surface area contributed by atoms with E-state index in [1.54, 1.807) is 0 Å². The zero-order chi connectivity index (χ0) is 18.0. The summed E-state index contributed by atoms with van der Waals surface area (Å²) < 4.78 is 12.3. The van der Waals surface area contributed by atoms with Crippen LogP contribution in [0.2, 0.25) is 5.82 Å². The third kappa shape index (κ3) is 5.22. The third-order valence-electron chi connectivity index (χ3n) is 5.56. The van der Waals surface area contributed by atoms with Crippen molar-refractivity contribution in [3.05, 3.63) is 35.9 Å². The highest BCUT2D eigenvalue weighted by molar-refractivity contribution is 6.48. The normalized spacial score (nSPS) is 20.6. The Morgan fingerprint density at radius 2 is 1.64 bits per heavy atom. The zero-order valence-electron chi connectivity index (χ0n) is 16.0. The molecule has 1 aliphatic heterocycles. The fourth-order valence-corrected chi connectivity index (χ4v) is 3.08. The van der Waals surface area contributed by atoms with Crippen molar-refractivity contribution < 1.29 is 14.1 Å². The highest BCUT2D eigenvalue weighted by Crippen LogP contribution is 2.43. The molecule has 2 rings (SSSR count). The molecule has 6 heteroatoms. The molecule has 1 heterocycles. The summed E-state index contributed by atoms with van der Waals surface area (Å²) in [5.41, 5.74) is 6.08. The van der Waals surface area contributed by atoms with E-state index in [4.69, 9.17) is 15.0 Å². The minimum absolute atomic E-state index is 0. The molecule has 2 atom stereocenters. The molecule has 140 valence electrons. The predicted molar refractivity (Wildman–Crippen MR) is 105 cm³/mol. The van der Waals surface area contributed by atoms with Gasteiger partial charge in [-0.25, -0.2) is 0 Å². The SMILES string of the molecule is CC(C(N)=O)[C@@H](CCCc1ccccc1)B1OC(C)(C)C(C)(C)O1.Cl. The summed E-state index contributed by atoms with van der Waals surface area (Å²) in [5.74, 6) is -0.614. The van der Waals surface area contributed by atoms with Crippen molar-refractivity contribution in [3.63, 3.8) is 0 Å². The second kappa shape index (κ2) is 8.57. The van der Waals surface area contributed by atoms with Gasteiger partial charge in [-0.15, -0.1) is 12.4 Å². The molecule has 0 saturated carbocycles. The first-order chi connectivity index (χ1) is 11.1. The molecule has 0 radical (unpaired) electrons. The van der Waals surface area contributed by atoms with Gasteiger partial charge in [-0.2, -0.15) is 0 Å². The van der Waals surface area contributed by atoms with Crippen LogP contribution in [0.1, 0.15) is 53.0 Å². The molecule has 0 aliphatic carbocycles. The maximum atomic E-state index is 11.8. The Labute approximate surface area is 158 Å². The molecular weight excluding hydrogens is 336 g/mol. The topological polar surface area (TPSA) is 61.6 Å². The van der Waals surface area contributed by atoms with Crippen LogP contribution in [0.25, 0.3) is 0 Å². The maximum absolute atomic E-state index is 11.8. The lowest BCUT2D eigenvalue weighted by Gasteiger charge is -2.32. The molecule has 1 unspecified atom stereocenters. The van der Waals surface area contributed by atoms with Crippen molar-refractivity contribution in [1.82, 2.24) is 0 Å². The van der Waals surface area contributed by atoms with Gasteiger partial charge in [-0.3, -0.25) is 4.79 Å². The van der Waals surface area contributed by atoms with Gasteiger partial charge in [0.2, 0.25) is 5.91 Å². The van der Waals surface area contributed by atoms with Gasteiger partial charge in [0.15, 0.2) is 0 Å². The first kappa shape index (κ1) is 22.0. The van der Waals surface area contributed by atoms with Crippen LogP contribution in [-0.2, 0) is 20.5 Å². The van der Waals surface area contributed by atoms with Crippen LogP contribution < -0.4 is 5.73 Å². The fraction of sp³-hybridized carbons (Fsp3) is 0.632. The molecule has 1 aromatic carbocycles. The summed E-state index contributed by atoms with van der Waals surface area (Å²) in [5, 5.41) is 0. The lowest BCUT2D eigenvalue weighted by molar-refractivity contribution is -0.121. The van der Waals surface area contributed by atoms with E-state index >= 15 is 0 Å². The van der Waals surface area contributed by atoms with Crippen LogP contribution in [0.3, 0.4) is 0 Å². The number of amides is 1. The fourth-order valence-electron chi connectivity index (χ4n) is 3.08. The van der Waals surface area contributed by atoms with Crippen molar-refractivity contribution >= 4 is 25.4 Å². The minimum atomic E-state index is -0.396. The van der Waals surface area contributed by atoms with Crippen LogP contribution in [0.5, 0.6) is 0 Å². The Balaban J connectivity index is 0.00000312. The molecule has 1 aliphatic rings. The molecule has 1 saturated heterocycles. The third-order valence-corrected chi connectivity index (χ3v) is 5.56. The van der Waals surface area contributed by atoms with Gasteiger partial charge < -0.3 is 15.0 Å². The van der Waals surface area contributed by atoms with Gasteiger partial charge in [-0.05, 0) is 46.1 Å². The van der Waals surface area contributed by atoms with E-state index < -0.39 is 18.3 Å². The number of nitrogens with two attached hydrogens (primary N) is 1. The van der Waals surface area contributed by atoms with Crippen molar-refractivity contribution in [3.8, 4) is 0 Å². The molecule has 4 nitrogen and oxygen atoms in total. The van der Waals surface area contributed by atoms with E-state index in [0.717, 1.165) is 19.3 Å². The van der Waals surface area contributed by atoms with Crippen LogP contribution in [0, 0.1) is 5.92 Å². The molecule has 25 heavy (non-hydrogen) atoms. The molecular formula is C19H31BClNO3. The van der Waals surface area contributed by atoms with Crippen LogP contribution >= 0.6 is 12.4 Å². The average molecular weight is 368 g/mol. The average Bonchev–Trinajstić information content (AvgIpc) is 2.72. The number of carbonyl (C=O) groups is 1. The lowest BCUT2D eigenvalue weighted by Crippen LogP contribution is -2.41. The van der Waals surface area contributed by atoms with Crippen molar-refractivity contribution in [1.29, 1.82) is 0 Å². The van der Waals surface area contributed by atoms with Gasteiger partial charge in [0, 0.05) is 11.7 Å². The van der Waals surface area contributed by atoms with Crippen molar-refractivity contribution in [2.75, 3.05) is 0 Å². The molecule has 1 aromatic rings. The number of aryl methyl sites for hydroxylation is 1. The summed E-state index contributed by atoms with van der Waals surface area (Å²) >= 11 is 0. The smallest absolute Gasteiger partial charge is 0.403 e. The quantitative estimate of drug-likeness (QED) is 0.740. The summed E-state index contributed by atoms with van der Waals surface area (Å²) in [6.45, 7) is 10.00. The van der Waals surface area contributed by atoms with Gasteiger partial charge in [0.1, 0.15) is 0 Å². The lowest BCUT2D eigenvalue weighted by atomic mass is 9.63. The molecule has 1 fully saturated rings. The number of primary amides is 1. The monoisotopic (exact) mass is 367 g/mol. The standard InChI is InChI=1S/C19H30BNO3.ClH/c1-14(17(21)22)16(13-9-12-15-10-7-6-8-11-15)20-23-18(2,3)19(4,5)24-20;/h6-8,10-11,14,16H,9,12-13H2,1-5H3,(H2,21,22);1H/t14?,16-;/m1./s1. The Kier molecular flexibility index (Phi) is 7.54. The molecule has 0 spiro atoms. The molecule has 0 bridgehead atoms. The Hall–Kier alpha value is -1.04. The summed E-state index contributed by atoms with van der Waals surface area (Å²) in [6.07, 6.45) is 2.79. The second-order valence-electron chi connectivity index (χ2n) is 7.86. The van der Waals surface area contributed by atoms with E-state index in [0.29, 0.717) is 0 Å². The van der Waals surface area contributed by atoms with Gasteiger partial charge in [0.25, 0.3) is 0 Å². The van der Waals surface area contributed by atoms with E-state index in [1.165, 1.54) is 5.56 Å².